The molecule has 0 atom stereocenters. The van der Waals surface area contributed by atoms with Crippen LogP contribution in [-0.4, -0.2) is 29.1 Å². The van der Waals surface area contributed by atoms with Gasteiger partial charge in [0.25, 0.3) is 11.1 Å². The minimum absolute atomic E-state index is 0.0728. The van der Waals surface area contributed by atoms with E-state index in [4.69, 9.17) is 16.3 Å². The zero-order chi connectivity index (χ0) is 28.5. The number of aromatic amines is 2. The Bertz CT molecular complexity index is 2060. The fourth-order valence-electron chi connectivity index (χ4n) is 4.65. The number of ether oxygens (including phenoxy) is 1. The Morgan fingerprint density at radius 2 is 1.63 bits per heavy atom. The number of anilines is 2. The molecule has 6 rings (SSSR count). The van der Waals surface area contributed by atoms with Crippen LogP contribution in [-0.2, 0) is 19.7 Å². The standard InChI is InChI=1S/C29H24ClN7O4/c1-2-36-23(33-25-24(36)27(39)35-29(40)37(25)15-17-7-9-18(30)10-8-17)16-41-20-13-11-19(12-14-20)31-28-32-22-6-4-3-5-21(22)26(38)34-28/h3-14H,2,15-16H2,1H3,(H,35,39,40)(H2,31,32,34,38). The van der Waals surface area contributed by atoms with Gasteiger partial charge in [0.1, 0.15) is 18.2 Å². The van der Waals surface area contributed by atoms with Crippen LogP contribution in [0, 0.1) is 0 Å². The van der Waals surface area contributed by atoms with Crippen molar-refractivity contribution in [1.29, 1.82) is 0 Å². The zero-order valence-corrected chi connectivity index (χ0v) is 22.6. The van der Waals surface area contributed by atoms with Gasteiger partial charge in [0.15, 0.2) is 11.2 Å². The molecule has 3 N–H and O–H groups in total. The van der Waals surface area contributed by atoms with Crippen LogP contribution in [0.1, 0.15) is 18.3 Å². The molecular formula is C29H24ClN7O4. The predicted molar refractivity (Wildman–Crippen MR) is 157 cm³/mol. The van der Waals surface area contributed by atoms with Gasteiger partial charge in [-0.15, -0.1) is 0 Å². The van der Waals surface area contributed by atoms with Crippen molar-refractivity contribution >= 4 is 45.3 Å². The number of rotatable bonds is 8. The summed E-state index contributed by atoms with van der Waals surface area (Å²) in [5.74, 6) is 1.40. The van der Waals surface area contributed by atoms with Crippen LogP contribution in [0.2, 0.25) is 5.02 Å². The number of para-hydroxylation sites is 1. The number of imidazole rings is 1. The van der Waals surface area contributed by atoms with Crippen LogP contribution in [0.3, 0.4) is 0 Å². The molecule has 3 aromatic heterocycles. The fraction of sp³-hybridized carbons (Fsp3) is 0.138. The van der Waals surface area contributed by atoms with Crippen molar-refractivity contribution in [2.24, 2.45) is 0 Å². The molecule has 12 heteroatoms. The van der Waals surface area contributed by atoms with Crippen molar-refractivity contribution < 1.29 is 4.74 Å². The molecule has 0 saturated carbocycles. The molecule has 0 bridgehead atoms. The third-order valence-electron chi connectivity index (χ3n) is 6.63. The zero-order valence-electron chi connectivity index (χ0n) is 21.8. The van der Waals surface area contributed by atoms with E-state index in [2.05, 4.69) is 25.3 Å². The molecular weight excluding hydrogens is 546 g/mol. The SMILES string of the molecule is CCn1c(COc2ccc(Nc3nc4ccccc4c(=O)[nH]3)cc2)nc2c1c(=O)[nH]c(=O)n2Cc1ccc(Cl)cc1. The second-order valence-electron chi connectivity index (χ2n) is 9.29. The van der Waals surface area contributed by atoms with Gasteiger partial charge in [-0.2, -0.15) is 0 Å². The summed E-state index contributed by atoms with van der Waals surface area (Å²) in [6.07, 6.45) is 0. The molecule has 3 aromatic carbocycles. The fourth-order valence-corrected chi connectivity index (χ4v) is 4.78. The number of hydrogen-bond donors (Lipinski definition) is 3. The van der Waals surface area contributed by atoms with Crippen molar-refractivity contribution in [2.75, 3.05) is 5.32 Å². The first kappa shape index (κ1) is 26.1. The van der Waals surface area contributed by atoms with Gasteiger partial charge in [0.2, 0.25) is 5.95 Å². The molecule has 0 saturated heterocycles. The number of H-pyrrole nitrogens is 2. The quantitative estimate of drug-likeness (QED) is 0.250. The second-order valence-corrected chi connectivity index (χ2v) is 9.72. The summed E-state index contributed by atoms with van der Waals surface area (Å²) >= 11 is 6.00. The van der Waals surface area contributed by atoms with E-state index in [1.165, 1.54) is 4.57 Å². The molecule has 0 unspecified atom stereocenters. The Hall–Kier alpha value is -5.16. The normalized spacial score (nSPS) is 11.3. The van der Waals surface area contributed by atoms with E-state index in [-0.39, 0.29) is 24.4 Å². The third kappa shape index (κ3) is 5.22. The molecule has 206 valence electrons. The van der Waals surface area contributed by atoms with Gasteiger partial charge in [-0.05, 0) is 61.0 Å². The van der Waals surface area contributed by atoms with Crippen LogP contribution in [0.15, 0.2) is 87.2 Å². The summed E-state index contributed by atoms with van der Waals surface area (Å²) in [6, 6.07) is 21.4. The largest absolute Gasteiger partial charge is 0.486 e. The molecule has 11 nitrogen and oxygen atoms in total. The lowest BCUT2D eigenvalue weighted by Gasteiger charge is -2.10. The molecule has 6 aromatic rings. The topological polar surface area (TPSA) is 140 Å². The molecule has 3 heterocycles. The number of benzene rings is 3. The molecule has 0 spiro atoms. The number of halogens is 1. The first-order valence-corrected chi connectivity index (χ1v) is 13.2. The third-order valence-corrected chi connectivity index (χ3v) is 6.88. The number of nitrogens with zero attached hydrogens (tertiary/aromatic N) is 4. The number of nitrogens with one attached hydrogen (secondary N) is 3. The summed E-state index contributed by atoms with van der Waals surface area (Å²) < 4.78 is 9.16. The van der Waals surface area contributed by atoms with E-state index < -0.39 is 11.2 Å². The maximum absolute atomic E-state index is 12.8. The van der Waals surface area contributed by atoms with Gasteiger partial charge >= 0.3 is 5.69 Å². The van der Waals surface area contributed by atoms with E-state index in [1.807, 2.05) is 25.1 Å². The number of aromatic nitrogens is 6. The van der Waals surface area contributed by atoms with Gasteiger partial charge in [0.05, 0.1) is 17.4 Å². The van der Waals surface area contributed by atoms with Crippen LogP contribution in [0.25, 0.3) is 22.1 Å². The van der Waals surface area contributed by atoms with Crippen molar-refractivity contribution in [2.45, 2.75) is 26.6 Å². The molecule has 0 radical (unpaired) electrons. The summed E-state index contributed by atoms with van der Waals surface area (Å²) in [5.41, 5.74) is 1.44. The summed E-state index contributed by atoms with van der Waals surface area (Å²) in [5, 5.41) is 4.20. The second kappa shape index (κ2) is 10.8. The van der Waals surface area contributed by atoms with E-state index in [0.717, 1.165) is 5.56 Å². The molecule has 0 fully saturated rings. The Morgan fingerprint density at radius 1 is 0.878 bits per heavy atom. The Morgan fingerprint density at radius 3 is 2.39 bits per heavy atom. The highest BCUT2D eigenvalue weighted by Gasteiger charge is 2.18. The van der Waals surface area contributed by atoms with E-state index in [0.29, 0.717) is 51.2 Å². The van der Waals surface area contributed by atoms with E-state index >= 15 is 0 Å². The first-order chi connectivity index (χ1) is 19.9. The van der Waals surface area contributed by atoms with Crippen LogP contribution in [0.4, 0.5) is 11.6 Å². The van der Waals surface area contributed by atoms with Crippen molar-refractivity contribution in [3.63, 3.8) is 0 Å². The Labute approximate surface area is 237 Å². The smallest absolute Gasteiger partial charge is 0.330 e. The number of fused-ring (bicyclic) bond motifs is 2. The van der Waals surface area contributed by atoms with Gasteiger partial charge in [0, 0.05) is 17.3 Å². The summed E-state index contributed by atoms with van der Waals surface area (Å²) in [7, 11) is 0. The maximum atomic E-state index is 12.8. The van der Waals surface area contributed by atoms with Crippen molar-refractivity contribution in [3.05, 3.63) is 120 Å². The van der Waals surface area contributed by atoms with E-state index in [1.54, 1.807) is 59.2 Å². The number of hydrogen-bond acceptors (Lipinski definition) is 7. The lowest BCUT2D eigenvalue weighted by atomic mass is 10.2. The highest BCUT2D eigenvalue weighted by atomic mass is 35.5. The van der Waals surface area contributed by atoms with Crippen LogP contribution < -0.4 is 26.9 Å². The van der Waals surface area contributed by atoms with Crippen molar-refractivity contribution in [1.82, 2.24) is 29.1 Å². The van der Waals surface area contributed by atoms with Crippen molar-refractivity contribution in [3.8, 4) is 5.75 Å². The molecule has 0 aliphatic rings. The van der Waals surface area contributed by atoms with Gasteiger partial charge in [-0.1, -0.05) is 35.9 Å². The highest BCUT2D eigenvalue weighted by molar-refractivity contribution is 6.30. The van der Waals surface area contributed by atoms with Gasteiger partial charge in [-0.3, -0.25) is 24.1 Å². The molecule has 0 aliphatic heterocycles. The lowest BCUT2D eigenvalue weighted by molar-refractivity contribution is 0.290. The Kier molecular flexibility index (Phi) is 6.86. The number of aryl methyl sites for hydroxylation is 1. The van der Waals surface area contributed by atoms with Crippen LogP contribution >= 0.6 is 11.6 Å². The minimum atomic E-state index is -0.545. The van der Waals surface area contributed by atoms with E-state index in [9.17, 15) is 14.4 Å². The maximum Gasteiger partial charge on any atom is 0.330 e. The Balaban J connectivity index is 1.23. The molecule has 0 amide bonds. The highest BCUT2D eigenvalue weighted by Crippen LogP contribution is 2.21. The lowest BCUT2D eigenvalue weighted by Crippen LogP contribution is -2.31. The minimum Gasteiger partial charge on any atom is -0.486 e. The summed E-state index contributed by atoms with van der Waals surface area (Å²) in [4.78, 5) is 52.1. The first-order valence-electron chi connectivity index (χ1n) is 12.8. The summed E-state index contributed by atoms with van der Waals surface area (Å²) in [6.45, 7) is 2.64. The van der Waals surface area contributed by atoms with Gasteiger partial charge < -0.3 is 14.6 Å². The average molecular weight is 570 g/mol. The van der Waals surface area contributed by atoms with Crippen LogP contribution in [0.5, 0.6) is 5.75 Å². The average Bonchev–Trinajstić information content (AvgIpc) is 3.35. The predicted octanol–water partition coefficient (Wildman–Crippen LogP) is 4.17. The van der Waals surface area contributed by atoms with Gasteiger partial charge in [-0.25, -0.2) is 14.8 Å². The molecule has 41 heavy (non-hydrogen) atoms. The monoisotopic (exact) mass is 569 g/mol. The molecule has 0 aliphatic carbocycles.